The van der Waals surface area contributed by atoms with Crippen LogP contribution >= 0.6 is 0 Å². The zero-order chi connectivity index (χ0) is 10.4. The molecule has 0 heterocycles. The lowest BCUT2D eigenvalue weighted by Gasteiger charge is -1.96. The standard InChI is InChI=1S/C7H9NO5/c1-2-3-4(9)5(8-13)6(10)7(11)12/h13H,2-3H2,1H3,(H,11,12)/b8-5+. The molecule has 0 fully saturated rings. The molecule has 6 heteroatoms. The summed E-state index contributed by atoms with van der Waals surface area (Å²) in [6.07, 6.45) is 0.434. The molecule has 0 unspecified atom stereocenters. The summed E-state index contributed by atoms with van der Waals surface area (Å²) in [5.74, 6) is -4.06. The fourth-order valence-electron chi connectivity index (χ4n) is 0.675. The lowest BCUT2D eigenvalue weighted by molar-refractivity contribution is -0.146. The van der Waals surface area contributed by atoms with Gasteiger partial charge in [-0.3, -0.25) is 9.59 Å². The number of hydrogen-bond acceptors (Lipinski definition) is 5. The molecule has 0 aromatic carbocycles. The van der Waals surface area contributed by atoms with Gasteiger partial charge in [0.25, 0.3) is 5.78 Å². The Morgan fingerprint density at radius 1 is 1.31 bits per heavy atom. The van der Waals surface area contributed by atoms with Gasteiger partial charge in [-0.1, -0.05) is 12.1 Å². The molecule has 0 saturated carbocycles. The van der Waals surface area contributed by atoms with E-state index < -0.39 is 23.2 Å². The van der Waals surface area contributed by atoms with Crippen molar-refractivity contribution >= 4 is 23.2 Å². The smallest absolute Gasteiger partial charge is 0.379 e. The van der Waals surface area contributed by atoms with Crippen LogP contribution in [0.15, 0.2) is 5.16 Å². The Labute approximate surface area is 73.9 Å². The molecule has 0 aliphatic rings. The third kappa shape index (κ3) is 3.02. The third-order valence-corrected chi connectivity index (χ3v) is 1.25. The van der Waals surface area contributed by atoms with E-state index in [4.69, 9.17) is 10.3 Å². The van der Waals surface area contributed by atoms with Gasteiger partial charge in [-0.25, -0.2) is 4.79 Å². The van der Waals surface area contributed by atoms with Gasteiger partial charge in [0.05, 0.1) is 0 Å². The quantitative estimate of drug-likeness (QED) is 0.204. The second kappa shape index (κ2) is 5.02. The highest BCUT2D eigenvalue weighted by Crippen LogP contribution is 1.94. The van der Waals surface area contributed by atoms with E-state index in [1.165, 1.54) is 0 Å². The van der Waals surface area contributed by atoms with Gasteiger partial charge >= 0.3 is 5.97 Å². The van der Waals surface area contributed by atoms with E-state index in [0.717, 1.165) is 0 Å². The van der Waals surface area contributed by atoms with Crippen LogP contribution in [0.5, 0.6) is 0 Å². The zero-order valence-corrected chi connectivity index (χ0v) is 6.98. The van der Waals surface area contributed by atoms with Gasteiger partial charge in [0.2, 0.25) is 0 Å². The number of carboxylic acids is 1. The summed E-state index contributed by atoms with van der Waals surface area (Å²) in [7, 11) is 0. The average molecular weight is 187 g/mol. The SMILES string of the molecule is CCCC(=O)/C(=N\O)C(=O)C(=O)O. The largest absolute Gasteiger partial charge is 0.475 e. The number of rotatable bonds is 5. The fraction of sp³-hybridized carbons (Fsp3) is 0.429. The van der Waals surface area contributed by atoms with Crippen LogP contribution in [0.1, 0.15) is 19.8 Å². The second-order valence-corrected chi connectivity index (χ2v) is 2.26. The van der Waals surface area contributed by atoms with Gasteiger partial charge in [-0.15, -0.1) is 0 Å². The van der Waals surface area contributed by atoms with E-state index in [9.17, 15) is 14.4 Å². The molecular formula is C7H9NO5. The Bertz CT molecular complexity index is 268. The zero-order valence-electron chi connectivity index (χ0n) is 6.98. The van der Waals surface area contributed by atoms with Gasteiger partial charge in [0, 0.05) is 6.42 Å². The van der Waals surface area contributed by atoms with Crippen LogP contribution in [0.2, 0.25) is 0 Å². The van der Waals surface area contributed by atoms with Gasteiger partial charge < -0.3 is 10.3 Å². The van der Waals surface area contributed by atoms with Gasteiger partial charge in [-0.05, 0) is 6.42 Å². The Morgan fingerprint density at radius 3 is 2.15 bits per heavy atom. The molecule has 0 atom stereocenters. The molecule has 0 aromatic rings. The van der Waals surface area contributed by atoms with Crippen LogP contribution in [0.3, 0.4) is 0 Å². The predicted molar refractivity (Wildman–Crippen MR) is 41.8 cm³/mol. The Morgan fingerprint density at radius 2 is 1.85 bits per heavy atom. The van der Waals surface area contributed by atoms with Crippen molar-refractivity contribution in [1.82, 2.24) is 0 Å². The number of ketones is 2. The monoisotopic (exact) mass is 187 g/mol. The molecule has 6 nitrogen and oxygen atoms in total. The Hall–Kier alpha value is -1.72. The van der Waals surface area contributed by atoms with E-state index >= 15 is 0 Å². The van der Waals surface area contributed by atoms with Crippen LogP contribution in [0.4, 0.5) is 0 Å². The van der Waals surface area contributed by atoms with E-state index in [-0.39, 0.29) is 6.42 Å². The van der Waals surface area contributed by atoms with Crippen LogP contribution < -0.4 is 0 Å². The highest BCUT2D eigenvalue weighted by Gasteiger charge is 2.26. The van der Waals surface area contributed by atoms with E-state index in [2.05, 4.69) is 5.16 Å². The maximum absolute atomic E-state index is 10.9. The normalized spacial score (nSPS) is 11.0. The summed E-state index contributed by atoms with van der Waals surface area (Å²) in [5.41, 5.74) is -0.922. The molecule has 72 valence electrons. The van der Waals surface area contributed by atoms with E-state index in [1.54, 1.807) is 6.92 Å². The summed E-state index contributed by atoms with van der Waals surface area (Å²) in [4.78, 5) is 31.7. The lowest BCUT2D eigenvalue weighted by Crippen LogP contribution is -2.30. The van der Waals surface area contributed by atoms with Crippen molar-refractivity contribution in [2.75, 3.05) is 0 Å². The second-order valence-electron chi connectivity index (χ2n) is 2.26. The molecule has 0 rings (SSSR count). The lowest BCUT2D eigenvalue weighted by atomic mass is 10.1. The number of hydrogen-bond donors (Lipinski definition) is 2. The summed E-state index contributed by atoms with van der Waals surface area (Å²) in [6.45, 7) is 1.68. The van der Waals surface area contributed by atoms with Gasteiger partial charge in [0.15, 0.2) is 11.5 Å². The molecular weight excluding hydrogens is 178 g/mol. The molecule has 0 bridgehead atoms. The molecule has 0 radical (unpaired) electrons. The molecule has 0 aliphatic heterocycles. The topological polar surface area (TPSA) is 104 Å². The van der Waals surface area contributed by atoms with Crippen molar-refractivity contribution in [3.8, 4) is 0 Å². The summed E-state index contributed by atoms with van der Waals surface area (Å²) in [5, 5.41) is 18.8. The minimum Gasteiger partial charge on any atom is -0.475 e. The van der Waals surface area contributed by atoms with Gasteiger partial charge in [0.1, 0.15) is 0 Å². The van der Waals surface area contributed by atoms with Crippen LogP contribution in [0.25, 0.3) is 0 Å². The fourth-order valence-corrected chi connectivity index (χ4v) is 0.675. The summed E-state index contributed by atoms with van der Waals surface area (Å²) in [6, 6.07) is 0. The number of oxime groups is 1. The van der Waals surface area contributed by atoms with Crippen molar-refractivity contribution in [3.05, 3.63) is 0 Å². The highest BCUT2D eigenvalue weighted by molar-refractivity contribution is 6.78. The van der Waals surface area contributed by atoms with Crippen molar-refractivity contribution in [2.24, 2.45) is 5.16 Å². The maximum Gasteiger partial charge on any atom is 0.379 e. The first-order valence-electron chi connectivity index (χ1n) is 3.57. The van der Waals surface area contributed by atoms with Crippen molar-refractivity contribution in [1.29, 1.82) is 0 Å². The Balaban J connectivity index is 4.63. The molecule has 0 saturated heterocycles. The minimum atomic E-state index is -1.81. The number of nitrogens with zero attached hydrogens (tertiary/aromatic N) is 1. The average Bonchev–Trinajstić information content (AvgIpc) is 2.05. The van der Waals surface area contributed by atoms with Gasteiger partial charge in [-0.2, -0.15) is 0 Å². The summed E-state index contributed by atoms with van der Waals surface area (Å²) >= 11 is 0. The number of aliphatic carboxylic acids is 1. The highest BCUT2D eigenvalue weighted by atomic mass is 16.4. The first-order valence-corrected chi connectivity index (χ1v) is 3.57. The molecule has 0 aliphatic carbocycles. The van der Waals surface area contributed by atoms with E-state index in [0.29, 0.717) is 6.42 Å². The molecule has 13 heavy (non-hydrogen) atoms. The molecule has 0 amide bonds. The number of carbonyl (C=O) groups is 3. The van der Waals surface area contributed by atoms with Crippen LogP contribution in [-0.2, 0) is 14.4 Å². The van der Waals surface area contributed by atoms with Crippen LogP contribution in [-0.4, -0.2) is 33.6 Å². The van der Waals surface area contributed by atoms with Crippen molar-refractivity contribution < 1.29 is 24.7 Å². The number of carbonyl (C=O) groups excluding carboxylic acids is 2. The van der Waals surface area contributed by atoms with Crippen molar-refractivity contribution in [2.45, 2.75) is 19.8 Å². The summed E-state index contributed by atoms with van der Waals surface area (Å²) < 4.78 is 0. The minimum absolute atomic E-state index is 0.0155. The predicted octanol–water partition coefficient (Wildman–Crippen LogP) is -0.161. The third-order valence-electron chi connectivity index (χ3n) is 1.25. The molecule has 2 N–H and O–H groups in total. The first kappa shape index (κ1) is 11.3. The molecule has 0 aromatic heterocycles. The van der Waals surface area contributed by atoms with Crippen LogP contribution in [0, 0.1) is 0 Å². The number of carboxylic acid groups (broad SMARTS) is 1. The maximum atomic E-state index is 10.9. The number of Topliss-reactive ketones (excluding diaryl/α,β-unsaturated/α-hetero) is 2. The van der Waals surface area contributed by atoms with E-state index in [1.807, 2.05) is 0 Å². The Kier molecular flexibility index (Phi) is 4.36. The first-order chi connectivity index (χ1) is 6.04. The van der Waals surface area contributed by atoms with Crippen molar-refractivity contribution in [3.63, 3.8) is 0 Å². The molecule has 0 spiro atoms.